The normalized spacial score (nSPS) is 24.2. The highest BCUT2D eigenvalue weighted by atomic mass is 15.4. The SMILES string of the molecule is CCn1nc(C)c2nc(N)n(C3CCCCC3C)c21. The first kappa shape index (κ1) is 12.5. The van der Waals surface area contributed by atoms with Gasteiger partial charge in [0.2, 0.25) is 5.95 Å². The first-order chi connectivity index (χ1) is 9.13. The van der Waals surface area contributed by atoms with Crippen molar-refractivity contribution in [1.82, 2.24) is 19.3 Å². The molecule has 5 nitrogen and oxygen atoms in total. The number of nitrogens with two attached hydrogens (primary N) is 1. The van der Waals surface area contributed by atoms with Gasteiger partial charge in [0.25, 0.3) is 0 Å². The molecule has 104 valence electrons. The number of aryl methyl sites for hydroxylation is 2. The predicted octanol–water partition coefficient (Wildman–Crippen LogP) is 2.89. The van der Waals surface area contributed by atoms with Gasteiger partial charge in [0.1, 0.15) is 5.52 Å². The molecule has 0 saturated heterocycles. The fraction of sp³-hybridized carbons (Fsp3) is 0.714. The highest BCUT2D eigenvalue weighted by Crippen LogP contribution is 2.37. The maximum absolute atomic E-state index is 6.19. The molecule has 0 aliphatic heterocycles. The smallest absolute Gasteiger partial charge is 0.202 e. The van der Waals surface area contributed by atoms with Crippen LogP contribution in [0, 0.1) is 12.8 Å². The Hall–Kier alpha value is -1.52. The number of hydrogen-bond acceptors (Lipinski definition) is 3. The Kier molecular flexibility index (Phi) is 2.99. The number of anilines is 1. The second kappa shape index (κ2) is 4.54. The van der Waals surface area contributed by atoms with Crippen molar-refractivity contribution in [2.45, 2.75) is 59.0 Å². The number of hydrogen-bond donors (Lipinski definition) is 1. The van der Waals surface area contributed by atoms with Crippen molar-refractivity contribution in [3.63, 3.8) is 0 Å². The van der Waals surface area contributed by atoms with Crippen LogP contribution in [0.3, 0.4) is 0 Å². The summed E-state index contributed by atoms with van der Waals surface area (Å²) in [6.45, 7) is 7.31. The third-order valence-electron chi connectivity index (χ3n) is 4.47. The van der Waals surface area contributed by atoms with Crippen molar-refractivity contribution < 1.29 is 0 Å². The average Bonchev–Trinajstić information content (AvgIpc) is 2.88. The second-order valence-corrected chi connectivity index (χ2v) is 5.74. The first-order valence-electron chi connectivity index (χ1n) is 7.34. The van der Waals surface area contributed by atoms with Gasteiger partial charge < -0.3 is 5.73 Å². The molecular weight excluding hydrogens is 238 g/mol. The van der Waals surface area contributed by atoms with Crippen LogP contribution < -0.4 is 5.73 Å². The van der Waals surface area contributed by atoms with Crippen molar-refractivity contribution in [3.8, 4) is 0 Å². The van der Waals surface area contributed by atoms with Gasteiger partial charge in [-0.25, -0.2) is 9.67 Å². The molecule has 2 aromatic rings. The molecule has 2 heterocycles. The van der Waals surface area contributed by atoms with E-state index in [0.29, 0.717) is 17.9 Å². The summed E-state index contributed by atoms with van der Waals surface area (Å²) >= 11 is 0. The molecule has 1 saturated carbocycles. The van der Waals surface area contributed by atoms with E-state index in [4.69, 9.17) is 5.73 Å². The highest BCUT2D eigenvalue weighted by Gasteiger charge is 2.28. The van der Waals surface area contributed by atoms with Crippen LogP contribution in [-0.4, -0.2) is 19.3 Å². The molecule has 19 heavy (non-hydrogen) atoms. The maximum Gasteiger partial charge on any atom is 0.202 e. The Morgan fingerprint density at radius 1 is 1.32 bits per heavy atom. The molecule has 1 aliphatic carbocycles. The van der Waals surface area contributed by atoms with E-state index in [1.165, 1.54) is 25.7 Å². The number of aromatic nitrogens is 4. The monoisotopic (exact) mass is 261 g/mol. The van der Waals surface area contributed by atoms with E-state index in [1.54, 1.807) is 0 Å². The van der Waals surface area contributed by atoms with Crippen LogP contribution in [-0.2, 0) is 6.54 Å². The van der Waals surface area contributed by atoms with Gasteiger partial charge in [-0.15, -0.1) is 0 Å². The summed E-state index contributed by atoms with van der Waals surface area (Å²) in [6.07, 6.45) is 5.10. The van der Waals surface area contributed by atoms with E-state index in [-0.39, 0.29) is 0 Å². The number of fused-ring (bicyclic) bond motifs is 1. The minimum atomic E-state index is 0.472. The standard InChI is InChI=1S/C14H23N5/c1-4-18-13-12(10(3)17-18)16-14(15)19(13)11-8-6-5-7-9(11)2/h9,11H,4-8H2,1-3H3,(H2,15,16). The van der Waals surface area contributed by atoms with Crippen LogP contribution in [0.1, 0.15) is 51.3 Å². The summed E-state index contributed by atoms with van der Waals surface area (Å²) < 4.78 is 4.28. The van der Waals surface area contributed by atoms with Gasteiger partial charge in [0.05, 0.1) is 5.69 Å². The summed E-state index contributed by atoms with van der Waals surface area (Å²) in [4.78, 5) is 4.55. The van der Waals surface area contributed by atoms with E-state index in [9.17, 15) is 0 Å². The minimum absolute atomic E-state index is 0.472. The summed E-state index contributed by atoms with van der Waals surface area (Å²) in [6, 6.07) is 0.472. The Labute approximate surface area is 113 Å². The van der Waals surface area contributed by atoms with Crippen molar-refractivity contribution in [2.75, 3.05) is 5.73 Å². The van der Waals surface area contributed by atoms with Gasteiger partial charge in [-0.05, 0) is 32.6 Å². The Bertz CT molecular complexity index is 595. The molecule has 0 bridgehead atoms. The van der Waals surface area contributed by atoms with Gasteiger partial charge in [-0.2, -0.15) is 5.10 Å². The zero-order chi connectivity index (χ0) is 13.6. The van der Waals surface area contributed by atoms with Crippen LogP contribution in [0.15, 0.2) is 0 Å². The number of nitrogen functional groups attached to an aromatic ring is 1. The molecule has 1 fully saturated rings. The molecule has 5 heteroatoms. The first-order valence-corrected chi connectivity index (χ1v) is 7.34. The molecule has 0 radical (unpaired) electrons. The van der Waals surface area contributed by atoms with Crippen LogP contribution >= 0.6 is 0 Å². The van der Waals surface area contributed by atoms with E-state index in [1.807, 2.05) is 11.6 Å². The van der Waals surface area contributed by atoms with Crippen LogP contribution in [0.2, 0.25) is 0 Å². The molecule has 2 atom stereocenters. The van der Waals surface area contributed by atoms with Gasteiger partial charge in [0, 0.05) is 12.6 Å². The largest absolute Gasteiger partial charge is 0.369 e. The molecule has 0 aromatic carbocycles. The summed E-state index contributed by atoms with van der Waals surface area (Å²) in [7, 11) is 0. The Morgan fingerprint density at radius 2 is 2.05 bits per heavy atom. The zero-order valence-electron chi connectivity index (χ0n) is 12.1. The lowest BCUT2D eigenvalue weighted by Crippen LogP contribution is -2.23. The molecular formula is C14H23N5. The fourth-order valence-corrected chi connectivity index (χ4v) is 3.43. The van der Waals surface area contributed by atoms with E-state index < -0.39 is 0 Å². The average molecular weight is 261 g/mol. The van der Waals surface area contributed by atoms with Crippen molar-refractivity contribution in [3.05, 3.63) is 5.69 Å². The molecule has 2 N–H and O–H groups in total. The van der Waals surface area contributed by atoms with Crippen molar-refractivity contribution in [1.29, 1.82) is 0 Å². The van der Waals surface area contributed by atoms with E-state index in [0.717, 1.165) is 23.4 Å². The number of rotatable bonds is 2. The molecule has 3 rings (SSSR count). The fourth-order valence-electron chi connectivity index (χ4n) is 3.43. The minimum Gasteiger partial charge on any atom is -0.369 e. The van der Waals surface area contributed by atoms with Gasteiger partial charge in [0.15, 0.2) is 5.65 Å². The topological polar surface area (TPSA) is 61.7 Å². The summed E-state index contributed by atoms with van der Waals surface area (Å²) in [5.41, 5.74) is 9.25. The molecule has 0 amide bonds. The quantitative estimate of drug-likeness (QED) is 0.904. The number of imidazole rings is 1. The van der Waals surface area contributed by atoms with Crippen LogP contribution in [0.5, 0.6) is 0 Å². The Morgan fingerprint density at radius 3 is 2.74 bits per heavy atom. The lowest BCUT2D eigenvalue weighted by Gasteiger charge is -2.30. The summed E-state index contributed by atoms with van der Waals surface area (Å²) in [5, 5.41) is 4.57. The predicted molar refractivity (Wildman–Crippen MR) is 77.0 cm³/mol. The Balaban J connectivity index is 2.18. The third kappa shape index (κ3) is 1.83. The van der Waals surface area contributed by atoms with Gasteiger partial charge in [-0.1, -0.05) is 19.8 Å². The van der Waals surface area contributed by atoms with E-state index >= 15 is 0 Å². The van der Waals surface area contributed by atoms with Crippen molar-refractivity contribution >= 4 is 17.1 Å². The lowest BCUT2D eigenvalue weighted by atomic mass is 9.86. The van der Waals surface area contributed by atoms with Gasteiger partial charge in [-0.3, -0.25) is 4.57 Å². The van der Waals surface area contributed by atoms with Crippen LogP contribution in [0.4, 0.5) is 5.95 Å². The third-order valence-corrected chi connectivity index (χ3v) is 4.47. The summed E-state index contributed by atoms with van der Waals surface area (Å²) in [5.74, 6) is 1.31. The van der Waals surface area contributed by atoms with Crippen LogP contribution in [0.25, 0.3) is 11.2 Å². The van der Waals surface area contributed by atoms with Gasteiger partial charge >= 0.3 is 0 Å². The van der Waals surface area contributed by atoms with Crippen molar-refractivity contribution in [2.24, 2.45) is 5.92 Å². The molecule has 2 aromatic heterocycles. The van der Waals surface area contributed by atoms with E-state index in [2.05, 4.69) is 28.5 Å². The number of nitrogens with zero attached hydrogens (tertiary/aromatic N) is 4. The molecule has 1 aliphatic rings. The zero-order valence-corrected chi connectivity index (χ0v) is 12.1. The second-order valence-electron chi connectivity index (χ2n) is 5.74. The molecule has 2 unspecified atom stereocenters. The highest BCUT2D eigenvalue weighted by molar-refractivity contribution is 5.77. The molecule has 0 spiro atoms. The lowest BCUT2D eigenvalue weighted by molar-refractivity contribution is 0.262. The maximum atomic E-state index is 6.19.